The first-order chi connectivity index (χ1) is 6.79. The lowest BCUT2D eigenvalue weighted by atomic mass is 10.1. The van der Waals surface area contributed by atoms with Gasteiger partial charge in [0.1, 0.15) is 0 Å². The highest BCUT2D eigenvalue weighted by Gasteiger charge is 2.12. The monoisotopic (exact) mass is 209 g/mol. The van der Waals surface area contributed by atoms with Crippen LogP contribution < -0.4 is 5.73 Å². The van der Waals surface area contributed by atoms with Crippen molar-refractivity contribution in [2.24, 2.45) is 0 Å². The van der Waals surface area contributed by atoms with Gasteiger partial charge in [-0.25, -0.2) is 4.98 Å². The largest absolute Gasteiger partial charge is 0.375 e. The summed E-state index contributed by atoms with van der Waals surface area (Å²) >= 11 is 1.58. The van der Waals surface area contributed by atoms with Crippen LogP contribution in [0, 0.1) is 0 Å². The van der Waals surface area contributed by atoms with E-state index < -0.39 is 0 Å². The molecule has 3 nitrogen and oxygen atoms in total. The summed E-state index contributed by atoms with van der Waals surface area (Å²) in [6, 6.07) is 0. The molecule has 76 valence electrons. The highest BCUT2D eigenvalue weighted by atomic mass is 32.1. The lowest BCUT2D eigenvalue weighted by molar-refractivity contribution is 0.319. The minimum absolute atomic E-state index is 0.666. The van der Waals surface area contributed by atoms with Gasteiger partial charge < -0.3 is 5.73 Å². The van der Waals surface area contributed by atoms with Crippen LogP contribution in [0.15, 0.2) is 12.3 Å². The molecule has 14 heavy (non-hydrogen) atoms. The maximum absolute atomic E-state index is 5.61. The standard InChI is InChI=1S/C10H15N3S/c1-2-13-5-3-8(4-6-13)9-7-12-10(11)14-9/h3,7H,2,4-6H2,1H3,(H2,11,12). The van der Waals surface area contributed by atoms with Gasteiger partial charge in [-0.3, -0.25) is 4.90 Å². The number of nitrogen functional groups attached to an aromatic ring is 1. The Kier molecular flexibility index (Phi) is 2.84. The van der Waals surface area contributed by atoms with Gasteiger partial charge in [0, 0.05) is 19.3 Å². The van der Waals surface area contributed by atoms with Gasteiger partial charge >= 0.3 is 0 Å². The Morgan fingerprint density at radius 3 is 3.00 bits per heavy atom. The number of aromatic nitrogens is 1. The number of likely N-dealkylation sites (N-methyl/N-ethyl adjacent to an activating group) is 1. The van der Waals surface area contributed by atoms with E-state index in [0.29, 0.717) is 5.13 Å². The van der Waals surface area contributed by atoms with Crippen molar-refractivity contribution < 1.29 is 0 Å². The first-order valence-corrected chi connectivity index (χ1v) is 5.74. The molecule has 0 unspecified atom stereocenters. The highest BCUT2D eigenvalue weighted by molar-refractivity contribution is 7.16. The highest BCUT2D eigenvalue weighted by Crippen LogP contribution is 2.27. The Bertz CT molecular complexity index is 343. The molecular weight excluding hydrogens is 194 g/mol. The van der Waals surface area contributed by atoms with Crippen LogP contribution in [-0.2, 0) is 0 Å². The Labute approximate surface area is 88.3 Å². The fourth-order valence-corrected chi connectivity index (χ4v) is 2.41. The molecule has 2 N–H and O–H groups in total. The van der Waals surface area contributed by atoms with E-state index in [1.807, 2.05) is 6.20 Å². The lowest BCUT2D eigenvalue weighted by Gasteiger charge is -2.24. The van der Waals surface area contributed by atoms with Crippen molar-refractivity contribution in [3.63, 3.8) is 0 Å². The van der Waals surface area contributed by atoms with Crippen LogP contribution in [0.1, 0.15) is 18.2 Å². The van der Waals surface area contributed by atoms with E-state index in [4.69, 9.17) is 5.73 Å². The topological polar surface area (TPSA) is 42.2 Å². The van der Waals surface area contributed by atoms with Crippen molar-refractivity contribution in [3.8, 4) is 0 Å². The van der Waals surface area contributed by atoms with Crippen molar-refractivity contribution in [1.29, 1.82) is 0 Å². The van der Waals surface area contributed by atoms with E-state index in [9.17, 15) is 0 Å². The molecule has 1 aliphatic heterocycles. The average molecular weight is 209 g/mol. The second kappa shape index (κ2) is 4.11. The van der Waals surface area contributed by atoms with Crippen molar-refractivity contribution in [1.82, 2.24) is 9.88 Å². The summed E-state index contributed by atoms with van der Waals surface area (Å²) < 4.78 is 0. The lowest BCUT2D eigenvalue weighted by Crippen LogP contribution is -2.27. The Morgan fingerprint density at radius 2 is 2.50 bits per heavy atom. The number of hydrogen-bond acceptors (Lipinski definition) is 4. The van der Waals surface area contributed by atoms with Gasteiger partial charge in [0.15, 0.2) is 5.13 Å². The molecule has 0 fully saturated rings. The maximum atomic E-state index is 5.61. The van der Waals surface area contributed by atoms with Crippen LogP contribution in [0.5, 0.6) is 0 Å². The summed E-state index contributed by atoms with van der Waals surface area (Å²) in [6.45, 7) is 5.54. The molecule has 2 heterocycles. The Morgan fingerprint density at radius 1 is 1.64 bits per heavy atom. The SMILES string of the molecule is CCN1CC=C(c2cnc(N)s2)CC1. The van der Waals surface area contributed by atoms with Crippen molar-refractivity contribution >= 4 is 22.0 Å². The summed E-state index contributed by atoms with van der Waals surface area (Å²) in [6.07, 6.45) is 5.29. The molecule has 1 aliphatic rings. The second-order valence-corrected chi connectivity index (χ2v) is 4.50. The van der Waals surface area contributed by atoms with E-state index in [0.717, 1.165) is 26.1 Å². The van der Waals surface area contributed by atoms with Gasteiger partial charge in [-0.15, -0.1) is 0 Å². The average Bonchev–Trinajstić information content (AvgIpc) is 2.65. The molecule has 0 radical (unpaired) electrons. The van der Waals surface area contributed by atoms with Crippen LogP contribution in [0.25, 0.3) is 5.57 Å². The molecule has 0 saturated carbocycles. The molecule has 0 saturated heterocycles. The summed E-state index contributed by atoms with van der Waals surface area (Å²) in [4.78, 5) is 7.73. The molecule has 0 spiro atoms. The van der Waals surface area contributed by atoms with Crippen molar-refractivity contribution in [2.75, 3.05) is 25.4 Å². The number of rotatable bonds is 2. The van der Waals surface area contributed by atoms with Gasteiger partial charge in [0.25, 0.3) is 0 Å². The summed E-state index contributed by atoms with van der Waals surface area (Å²) in [5.41, 5.74) is 7.01. The summed E-state index contributed by atoms with van der Waals surface area (Å²) in [5, 5.41) is 0.666. The van der Waals surface area contributed by atoms with Gasteiger partial charge in [0.05, 0.1) is 4.88 Å². The molecule has 0 amide bonds. The third-order valence-electron chi connectivity index (χ3n) is 2.58. The van der Waals surface area contributed by atoms with Crippen LogP contribution in [0.3, 0.4) is 0 Å². The molecule has 0 aliphatic carbocycles. The van der Waals surface area contributed by atoms with E-state index in [1.54, 1.807) is 11.3 Å². The molecule has 2 rings (SSSR count). The molecule has 0 aromatic carbocycles. The number of nitrogens with zero attached hydrogens (tertiary/aromatic N) is 2. The van der Waals surface area contributed by atoms with Gasteiger partial charge in [-0.2, -0.15) is 0 Å². The zero-order valence-corrected chi connectivity index (χ0v) is 9.18. The van der Waals surface area contributed by atoms with E-state index in [2.05, 4.69) is 22.9 Å². The van der Waals surface area contributed by atoms with E-state index in [1.165, 1.54) is 10.5 Å². The van der Waals surface area contributed by atoms with Crippen molar-refractivity contribution in [3.05, 3.63) is 17.2 Å². The van der Waals surface area contributed by atoms with Crippen LogP contribution in [0.4, 0.5) is 5.13 Å². The van der Waals surface area contributed by atoms with Crippen LogP contribution in [0.2, 0.25) is 0 Å². The van der Waals surface area contributed by atoms with Gasteiger partial charge in [0.2, 0.25) is 0 Å². The molecule has 1 aromatic heterocycles. The first kappa shape index (κ1) is 9.68. The number of thiazole rings is 1. The molecule has 1 aromatic rings. The number of anilines is 1. The molecule has 4 heteroatoms. The zero-order chi connectivity index (χ0) is 9.97. The van der Waals surface area contributed by atoms with Crippen LogP contribution >= 0.6 is 11.3 Å². The minimum atomic E-state index is 0.666. The van der Waals surface area contributed by atoms with Gasteiger partial charge in [-0.1, -0.05) is 24.3 Å². The first-order valence-electron chi connectivity index (χ1n) is 4.92. The third kappa shape index (κ3) is 1.96. The maximum Gasteiger partial charge on any atom is 0.180 e. The Hall–Kier alpha value is -0.870. The molecule has 0 atom stereocenters. The fourth-order valence-electron chi connectivity index (χ4n) is 1.66. The Balaban J connectivity index is 2.10. The molecule has 0 bridgehead atoms. The normalized spacial score (nSPS) is 18.2. The number of nitrogens with two attached hydrogens (primary N) is 1. The smallest absolute Gasteiger partial charge is 0.180 e. The zero-order valence-electron chi connectivity index (χ0n) is 8.36. The summed E-state index contributed by atoms with van der Waals surface area (Å²) in [7, 11) is 0. The third-order valence-corrected chi connectivity index (χ3v) is 3.48. The van der Waals surface area contributed by atoms with E-state index in [-0.39, 0.29) is 0 Å². The molecular formula is C10H15N3S. The fraction of sp³-hybridized carbons (Fsp3) is 0.500. The summed E-state index contributed by atoms with van der Waals surface area (Å²) in [5.74, 6) is 0. The van der Waals surface area contributed by atoms with E-state index >= 15 is 0 Å². The predicted octanol–water partition coefficient (Wildman–Crippen LogP) is 1.83. The van der Waals surface area contributed by atoms with Crippen molar-refractivity contribution in [2.45, 2.75) is 13.3 Å². The quantitative estimate of drug-likeness (QED) is 0.808. The second-order valence-electron chi connectivity index (χ2n) is 3.44. The predicted molar refractivity (Wildman–Crippen MR) is 61.2 cm³/mol. The van der Waals surface area contributed by atoms with Gasteiger partial charge in [-0.05, 0) is 18.5 Å². The number of hydrogen-bond donors (Lipinski definition) is 1. The minimum Gasteiger partial charge on any atom is -0.375 e. The van der Waals surface area contributed by atoms with Crippen LogP contribution in [-0.4, -0.2) is 29.5 Å².